The van der Waals surface area contributed by atoms with E-state index in [1.807, 2.05) is 25.1 Å². The number of rotatable bonds is 7. The van der Waals surface area contributed by atoms with Gasteiger partial charge in [0.15, 0.2) is 0 Å². The summed E-state index contributed by atoms with van der Waals surface area (Å²) < 4.78 is 27.8. The molecule has 0 aliphatic carbocycles. The largest absolute Gasteiger partial charge is 0.369 e. The molecule has 0 saturated carbocycles. The van der Waals surface area contributed by atoms with Crippen LogP contribution < -0.4 is 15.5 Å². The number of hydrogen-bond donors (Lipinski definition) is 2. The van der Waals surface area contributed by atoms with Gasteiger partial charge in [-0.3, -0.25) is 0 Å². The number of aromatic nitrogens is 2. The molecule has 37 heavy (non-hydrogen) atoms. The number of hydrogen-bond acceptors (Lipinski definition) is 8. The number of benzene rings is 2. The Hall–Kier alpha value is -3.21. The predicted molar refractivity (Wildman–Crippen MR) is 149 cm³/mol. The van der Waals surface area contributed by atoms with Gasteiger partial charge in [-0.15, -0.1) is 0 Å². The van der Waals surface area contributed by atoms with Crippen molar-refractivity contribution in [2.45, 2.75) is 31.1 Å². The maximum Gasteiger partial charge on any atom is 0.243 e. The lowest BCUT2D eigenvalue weighted by Gasteiger charge is -2.34. The highest BCUT2D eigenvalue weighted by atomic mass is 32.2. The lowest BCUT2D eigenvalue weighted by atomic mass is 10.2. The van der Waals surface area contributed by atoms with Crippen LogP contribution in [-0.2, 0) is 10.0 Å². The molecule has 1 aromatic heterocycles. The maximum absolute atomic E-state index is 13.1. The molecule has 5 rings (SSSR count). The van der Waals surface area contributed by atoms with E-state index in [1.54, 1.807) is 28.7 Å². The first-order valence-corrected chi connectivity index (χ1v) is 14.3. The zero-order valence-corrected chi connectivity index (χ0v) is 22.3. The van der Waals surface area contributed by atoms with Crippen molar-refractivity contribution in [2.75, 3.05) is 61.8 Å². The van der Waals surface area contributed by atoms with Gasteiger partial charge in [0.1, 0.15) is 5.82 Å². The summed E-state index contributed by atoms with van der Waals surface area (Å²) in [6, 6.07) is 15.3. The minimum atomic E-state index is -3.51. The Morgan fingerprint density at radius 3 is 2.30 bits per heavy atom. The Balaban J connectivity index is 1.28. The van der Waals surface area contributed by atoms with Crippen molar-refractivity contribution in [3.63, 3.8) is 0 Å². The number of sulfonamides is 1. The average molecular weight is 522 g/mol. The number of piperazine rings is 1. The van der Waals surface area contributed by atoms with E-state index in [4.69, 9.17) is 0 Å². The molecular formula is C27H35N7O2S. The van der Waals surface area contributed by atoms with Gasteiger partial charge in [-0.05, 0) is 69.3 Å². The fourth-order valence-electron chi connectivity index (χ4n) is 4.70. The summed E-state index contributed by atoms with van der Waals surface area (Å²) in [5, 5.41) is 6.57. The lowest BCUT2D eigenvalue weighted by Crippen LogP contribution is -2.44. The van der Waals surface area contributed by atoms with Gasteiger partial charge in [0.25, 0.3) is 0 Å². The summed E-state index contributed by atoms with van der Waals surface area (Å²) in [4.78, 5) is 14.1. The quantitative estimate of drug-likeness (QED) is 0.478. The van der Waals surface area contributed by atoms with Crippen LogP contribution >= 0.6 is 0 Å². The Bertz CT molecular complexity index is 1320. The summed E-state index contributed by atoms with van der Waals surface area (Å²) in [7, 11) is -1.35. The molecule has 196 valence electrons. The van der Waals surface area contributed by atoms with Gasteiger partial charge in [-0.2, -0.15) is 9.29 Å². The Labute approximate surface area is 219 Å². The molecule has 0 radical (unpaired) electrons. The van der Waals surface area contributed by atoms with Crippen molar-refractivity contribution in [3.8, 4) is 0 Å². The molecule has 10 heteroatoms. The van der Waals surface area contributed by atoms with Crippen LogP contribution in [0.25, 0.3) is 0 Å². The maximum atomic E-state index is 13.1. The Morgan fingerprint density at radius 2 is 1.57 bits per heavy atom. The summed E-state index contributed by atoms with van der Waals surface area (Å²) in [5.74, 6) is 1.09. The summed E-state index contributed by atoms with van der Waals surface area (Å²) in [6.45, 7) is 7.28. The number of piperidine rings is 1. The highest BCUT2D eigenvalue weighted by molar-refractivity contribution is 7.89. The summed E-state index contributed by atoms with van der Waals surface area (Å²) in [6.07, 6.45) is 4.65. The minimum Gasteiger partial charge on any atom is -0.369 e. The molecular weight excluding hydrogens is 486 g/mol. The fourth-order valence-corrected chi connectivity index (χ4v) is 6.27. The minimum absolute atomic E-state index is 0.296. The van der Waals surface area contributed by atoms with Crippen LogP contribution in [-0.4, -0.2) is 73.9 Å². The molecule has 2 aromatic carbocycles. The molecule has 2 aliphatic heterocycles. The summed E-state index contributed by atoms with van der Waals surface area (Å²) >= 11 is 0. The number of nitrogens with zero attached hydrogens (tertiary/aromatic N) is 5. The van der Waals surface area contributed by atoms with E-state index in [1.165, 1.54) is 5.69 Å². The Kier molecular flexibility index (Phi) is 7.59. The van der Waals surface area contributed by atoms with Crippen LogP contribution in [0.15, 0.2) is 59.6 Å². The second-order valence-electron chi connectivity index (χ2n) is 9.81. The van der Waals surface area contributed by atoms with Crippen molar-refractivity contribution in [2.24, 2.45) is 0 Å². The van der Waals surface area contributed by atoms with E-state index in [0.29, 0.717) is 35.4 Å². The molecule has 2 aliphatic rings. The first-order valence-electron chi connectivity index (χ1n) is 12.9. The topological polar surface area (TPSA) is 93.7 Å². The first kappa shape index (κ1) is 25.4. The van der Waals surface area contributed by atoms with Crippen molar-refractivity contribution >= 4 is 38.9 Å². The van der Waals surface area contributed by atoms with Crippen LogP contribution in [0.3, 0.4) is 0 Å². The Morgan fingerprint density at radius 1 is 0.838 bits per heavy atom. The van der Waals surface area contributed by atoms with E-state index in [9.17, 15) is 8.42 Å². The predicted octanol–water partition coefficient (Wildman–Crippen LogP) is 4.20. The van der Waals surface area contributed by atoms with E-state index in [0.717, 1.165) is 56.7 Å². The monoisotopic (exact) mass is 521 g/mol. The SMILES string of the molecule is Cc1cnc(Nc2ccc(N3CCN(C)CC3)cc2)nc1Nc1cccc(S(=O)(=O)N2CCCCC2)c1. The molecule has 0 spiro atoms. The number of nitrogens with one attached hydrogen (secondary N) is 2. The number of aryl methyl sites for hydroxylation is 1. The molecule has 9 nitrogen and oxygen atoms in total. The van der Waals surface area contributed by atoms with Gasteiger partial charge in [-0.1, -0.05) is 12.5 Å². The van der Waals surface area contributed by atoms with Gasteiger partial charge >= 0.3 is 0 Å². The second-order valence-corrected chi connectivity index (χ2v) is 11.7. The molecule has 2 fully saturated rings. The highest BCUT2D eigenvalue weighted by Gasteiger charge is 2.26. The zero-order valence-electron chi connectivity index (χ0n) is 21.5. The fraction of sp³-hybridized carbons (Fsp3) is 0.407. The third-order valence-electron chi connectivity index (χ3n) is 7.01. The molecule has 3 aromatic rings. The van der Waals surface area contributed by atoms with Crippen LogP contribution in [0.1, 0.15) is 24.8 Å². The number of anilines is 5. The van der Waals surface area contributed by atoms with E-state index < -0.39 is 10.0 Å². The molecule has 2 saturated heterocycles. The van der Waals surface area contributed by atoms with Gasteiger partial charge in [0.05, 0.1) is 4.90 Å². The van der Waals surface area contributed by atoms with Crippen LogP contribution in [0, 0.1) is 6.92 Å². The number of likely N-dealkylation sites (N-methyl/N-ethyl adjacent to an activating group) is 1. The molecule has 2 N–H and O–H groups in total. The smallest absolute Gasteiger partial charge is 0.243 e. The lowest BCUT2D eigenvalue weighted by molar-refractivity contribution is 0.313. The molecule has 3 heterocycles. The first-order chi connectivity index (χ1) is 17.9. The van der Waals surface area contributed by atoms with Gasteiger partial charge in [-0.25, -0.2) is 13.4 Å². The third-order valence-corrected chi connectivity index (χ3v) is 8.91. The van der Waals surface area contributed by atoms with Gasteiger partial charge in [0.2, 0.25) is 16.0 Å². The standard InChI is InChI=1S/C27H35N7O2S/c1-21-20-28-27(30-22-9-11-24(12-10-22)33-17-15-32(2)16-18-33)31-26(21)29-23-7-6-8-25(19-23)37(35,36)34-13-4-3-5-14-34/h6-12,19-20H,3-5,13-18H2,1-2H3,(H2,28,29,30,31). The summed E-state index contributed by atoms with van der Waals surface area (Å²) in [5.41, 5.74) is 3.65. The zero-order chi connectivity index (χ0) is 25.8. The van der Waals surface area contributed by atoms with E-state index >= 15 is 0 Å². The van der Waals surface area contributed by atoms with Crippen LogP contribution in [0.2, 0.25) is 0 Å². The van der Waals surface area contributed by atoms with Crippen molar-refractivity contribution < 1.29 is 8.42 Å². The van der Waals surface area contributed by atoms with E-state index in [-0.39, 0.29) is 0 Å². The highest BCUT2D eigenvalue weighted by Crippen LogP contribution is 2.26. The third kappa shape index (κ3) is 6.03. The average Bonchev–Trinajstić information content (AvgIpc) is 2.92. The van der Waals surface area contributed by atoms with E-state index in [2.05, 4.69) is 49.6 Å². The molecule has 0 bridgehead atoms. The molecule has 0 unspecified atom stereocenters. The van der Waals surface area contributed by atoms with Crippen LogP contribution in [0.4, 0.5) is 28.8 Å². The normalized spacial score (nSPS) is 17.5. The van der Waals surface area contributed by atoms with Crippen molar-refractivity contribution in [3.05, 3.63) is 60.3 Å². The molecule has 0 atom stereocenters. The second kappa shape index (κ2) is 11.0. The van der Waals surface area contributed by atoms with Crippen molar-refractivity contribution in [1.29, 1.82) is 0 Å². The van der Waals surface area contributed by atoms with Gasteiger partial charge in [0, 0.05) is 68.1 Å². The van der Waals surface area contributed by atoms with Gasteiger partial charge < -0.3 is 20.4 Å². The van der Waals surface area contributed by atoms with Crippen molar-refractivity contribution in [1.82, 2.24) is 19.2 Å². The van der Waals surface area contributed by atoms with Crippen LogP contribution in [0.5, 0.6) is 0 Å². The molecule has 0 amide bonds.